The van der Waals surface area contributed by atoms with Crippen molar-refractivity contribution in [2.75, 3.05) is 13.7 Å². The maximum Gasteiger partial charge on any atom is 0.110 e. The number of likely N-dealkylation sites (N-methyl/N-ethyl adjacent to an activating group) is 1. The molecule has 4 nitrogen and oxygen atoms in total. The number of imidazole rings is 1. The quantitative estimate of drug-likeness (QED) is 0.772. The standard InChI is InChI=1S/C14H27N3O/c1-6-9-17-10-8-16-13(17)11-12(15-7-2)14(3,4)18-5/h8,10,12,15H,6-7,9,11H2,1-5H3. The van der Waals surface area contributed by atoms with E-state index in [1.54, 1.807) is 7.11 Å². The molecule has 0 radical (unpaired) electrons. The second kappa shape index (κ2) is 6.90. The van der Waals surface area contributed by atoms with Gasteiger partial charge in [-0.1, -0.05) is 13.8 Å². The van der Waals surface area contributed by atoms with Crippen molar-refractivity contribution in [2.45, 2.75) is 58.7 Å². The largest absolute Gasteiger partial charge is 0.377 e. The molecule has 1 aromatic rings. The fourth-order valence-electron chi connectivity index (χ4n) is 2.11. The summed E-state index contributed by atoms with van der Waals surface area (Å²) in [4.78, 5) is 4.47. The van der Waals surface area contributed by atoms with Gasteiger partial charge in [-0.25, -0.2) is 4.98 Å². The van der Waals surface area contributed by atoms with Gasteiger partial charge in [-0.2, -0.15) is 0 Å². The molecule has 0 aliphatic rings. The third-order valence-electron chi connectivity index (χ3n) is 3.47. The molecule has 0 aromatic carbocycles. The summed E-state index contributed by atoms with van der Waals surface area (Å²) >= 11 is 0. The third-order valence-corrected chi connectivity index (χ3v) is 3.47. The van der Waals surface area contributed by atoms with E-state index < -0.39 is 0 Å². The minimum absolute atomic E-state index is 0.195. The van der Waals surface area contributed by atoms with E-state index in [0.717, 1.165) is 31.8 Å². The van der Waals surface area contributed by atoms with Crippen LogP contribution in [0.5, 0.6) is 0 Å². The van der Waals surface area contributed by atoms with Crippen molar-refractivity contribution >= 4 is 0 Å². The van der Waals surface area contributed by atoms with Crippen LogP contribution >= 0.6 is 0 Å². The zero-order valence-electron chi connectivity index (χ0n) is 12.4. The van der Waals surface area contributed by atoms with E-state index in [4.69, 9.17) is 4.74 Å². The van der Waals surface area contributed by atoms with Gasteiger partial charge in [0, 0.05) is 38.5 Å². The Morgan fingerprint density at radius 3 is 2.72 bits per heavy atom. The number of nitrogens with one attached hydrogen (secondary N) is 1. The van der Waals surface area contributed by atoms with Crippen LogP contribution in [-0.2, 0) is 17.7 Å². The Labute approximate surface area is 111 Å². The van der Waals surface area contributed by atoms with Gasteiger partial charge in [0.15, 0.2) is 0 Å². The predicted octanol–water partition coefficient (Wildman–Crippen LogP) is 2.24. The number of methoxy groups -OCH3 is 1. The highest BCUT2D eigenvalue weighted by molar-refractivity contribution is 5.00. The fraction of sp³-hybridized carbons (Fsp3) is 0.786. The molecule has 0 amide bonds. The summed E-state index contributed by atoms with van der Waals surface area (Å²) in [6, 6.07) is 0.269. The molecule has 1 heterocycles. The van der Waals surface area contributed by atoms with E-state index >= 15 is 0 Å². The Morgan fingerprint density at radius 1 is 1.44 bits per heavy atom. The molecule has 1 unspecified atom stereocenters. The maximum atomic E-state index is 5.60. The summed E-state index contributed by atoms with van der Waals surface area (Å²) in [5.41, 5.74) is -0.195. The van der Waals surface area contributed by atoms with E-state index in [-0.39, 0.29) is 11.6 Å². The van der Waals surface area contributed by atoms with Crippen LogP contribution < -0.4 is 5.32 Å². The van der Waals surface area contributed by atoms with Crippen LogP contribution in [0.1, 0.15) is 39.9 Å². The number of hydrogen-bond acceptors (Lipinski definition) is 3. The van der Waals surface area contributed by atoms with Crippen molar-refractivity contribution in [1.29, 1.82) is 0 Å². The van der Waals surface area contributed by atoms with E-state index in [0.29, 0.717) is 0 Å². The first-order chi connectivity index (χ1) is 8.55. The molecule has 1 atom stereocenters. The number of hydrogen-bond donors (Lipinski definition) is 1. The van der Waals surface area contributed by atoms with Crippen molar-refractivity contribution < 1.29 is 4.74 Å². The van der Waals surface area contributed by atoms with Crippen LogP contribution in [0.3, 0.4) is 0 Å². The molecule has 18 heavy (non-hydrogen) atoms. The molecule has 0 aliphatic heterocycles. The van der Waals surface area contributed by atoms with Gasteiger partial charge in [0.1, 0.15) is 5.82 Å². The second-order valence-corrected chi connectivity index (χ2v) is 5.16. The third kappa shape index (κ3) is 3.82. The van der Waals surface area contributed by atoms with Gasteiger partial charge in [-0.3, -0.25) is 0 Å². The highest BCUT2D eigenvalue weighted by atomic mass is 16.5. The SMILES string of the molecule is CCCn1ccnc1CC(NCC)C(C)(C)OC. The Hall–Kier alpha value is -0.870. The monoisotopic (exact) mass is 253 g/mol. The Kier molecular flexibility index (Phi) is 5.82. The van der Waals surface area contributed by atoms with Crippen LogP contribution in [0.4, 0.5) is 0 Å². The Morgan fingerprint density at radius 2 is 2.17 bits per heavy atom. The van der Waals surface area contributed by atoms with Crippen molar-refractivity contribution in [3.63, 3.8) is 0 Å². The topological polar surface area (TPSA) is 39.1 Å². The number of rotatable bonds is 8. The summed E-state index contributed by atoms with van der Waals surface area (Å²) in [6.45, 7) is 10.5. The summed E-state index contributed by atoms with van der Waals surface area (Å²) in [5, 5.41) is 3.50. The lowest BCUT2D eigenvalue weighted by molar-refractivity contribution is -0.0103. The molecule has 0 aliphatic carbocycles. The molecule has 0 saturated carbocycles. The van der Waals surface area contributed by atoms with Gasteiger partial charge < -0.3 is 14.6 Å². The van der Waals surface area contributed by atoms with Gasteiger partial charge in [-0.05, 0) is 26.8 Å². The molecule has 0 spiro atoms. The predicted molar refractivity (Wildman–Crippen MR) is 74.8 cm³/mol. The van der Waals surface area contributed by atoms with Crippen molar-refractivity contribution in [3.05, 3.63) is 18.2 Å². The number of ether oxygens (including phenoxy) is 1. The van der Waals surface area contributed by atoms with Crippen molar-refractivity contribution in [1.82, 2.24) is 14.9 Å². The summed E-state index contributed by atoms with van der Waals surface area (Å²) in [7, 11) is 1.77. The molecule has 0 saturated heterocycles. The Bertz CT molecular complexity index is 347. The van der Waals surface area contributed by atoms with Gasteiger partial charge in [0.05, 0.1) is 5.60 Å². The van der Waals surface area contributed by atoms with Crippen LogP contribution in [0.25, 0.3) is 0 Å². The average Bonchev–Trinajstić information content (AvgIpc) is 2.77. The zero-order valence-corrected chi connectivity index (χ0v) is 12.4. The van der Waals surface area contributed by atoms with E-state index in [1.807, 2.05) is 6.20 Å². The first kappa shape index (κ1) is 15.2. The van der Waals surface area contributed by atoms with E-state index in [2.05, 4.69) is 48.8 Å². The smallest absolute Gasteiger partial charge is 0.110 e. The first-order valence-electron chi connectivity index (χ1n) is 6.83. The lowest BCUT2D eigenvalue weighted by Crippen LogP contribution is -2.49. The fourth-order valence-corrected chi connectivity index (χ4v) is 2.11. The molecule has 0 bridgehead atoms. The van der Waals surface area contributed by atoms with Crippen LogP contribution in [0.2, 0.25) is 0 Å². The highest BCUT2D eigenvalue weighted by Gasteiger charge is 2.29. The van der Waals surface area contributed by atoms with Crippen molar-refractivity contribution in [3.8, 4) is 0 Å². The molecule has 104 valence electrons. The van der Waals surface area contributed by atoms with Crippen LogP contribution in [0.15, 0.2) is 12.4 Å². The lowest BCUT2D eigenvalue weighted by atomic mass is 9.95. The lowest BCUT2D eigenvalue weighted by Gasteiger charge is -2.33. The van der Waals surface area contributed by atoms with Gasteiger partial charge >= 0.3 is 0 Å². The zero-order chi connectivity index (χ0) is 13.6. The summed E-state index contributed by atoms with van der Waals surface area (Å²) in [5.74, 6) is 1.13. The number of nitrogens with zero attached hydrogens (tertiary/aromatic N) is 2. The van der Waals surface area contributed by atoms with Gasteiger partial charge in [0.25, 0.3) is 0 Å². The minimum atomic E-state index is -0.195. The molecular formula is C14H27N3O. The summed E-state index contributed by atoms with van der Waals surface area (Å²) < 4.78 is 7.83. The molecule has 4 heteroatoms. The van der Waals surface area contributed by atoms with E-state index in [9.17, 15) is 0 Å². The Balaban J connectivity index is 2.79. The molecule has 0 fully saturated rings. The molecular weight excluding hydrogens is 226 g/mol. The first-order valence-corrected chi connectivity index (χ1v) is 6.83. The maximum absolute atomic E-state index is 5.60. The normalized spacial score (nSPS) is 13.8. The van der Waals surface area contributed by atoms with Gasteiger partial charge in [-0.15, -0.1) is 0 Å². The second-order valence-electron chi connectivity index (χ2n) is 5.16. The molecule has 1 rings (SSSR count). The van der Waals surface area contributed by atoms with Crippen LogP contribution in [-0.4, -0.2) is 34.8 Å². The minimum Gasteiger partial charge on any atom is -0.377 e. The highest BCUT2D eigenvalue weighted by Crippen LogP contribution is 2.17. The van der Waals surface area contributed by atoms with Crippen molar-refractivity contribution in [2.24, 2.45) is 0 Å². The number of aromatic nitrogens is 2. The molecule has 1 N–H and O–H groups in total. The van der Waals surface area contributed by atoms with Crippen LogP contribution in [0, 0.1) is 0 Å². The van der Waals surface area contributed by atoms with E-state index in [1.165, 1.54) is 0 Å². The summed E-state index contributed by atoms with van der Waals surface area (Å²) in [6.07, 6.45) is 5.96. The van der Waals surface area contributed by atoms with Gasteiger partial charge in [0.2, 0.25) is 0 Å². The average molecular weight is 253 g/mol. The number of aryl methyl sites for hydroxylation is 1. The molecule has 1 aromatic heterocycles.